The number of nitrogens with zero attached hydrogens (tertiary/aromatic N) is 1. The number of nitrogens with two attached hydrogens (primary N) is 1. The summed E-state index contributed by atoms with van der Waals surface area (Å²) in [5.74, 6) is 0.178. The molecule has 22 heavy (non-hydrogen) atoms. The Morgan fingerprint density at radius 1 is 1.32 bits per heavy atom. The van der Waals surface area contributed by atoms with Crippen molar-refractivity contribution >= 4 is 28.6 Å². The number of amides is 1. The second-order valence-corrected chi connectivity index (χ2v) is 4.80. The minimum atomic E-state index is -0.494. The highest BCUT2D eigenvalue weighted by atomic mass is 16.5. The highest BCUT2D eigenvalue weighted by Gasteiger charge is 2.11. The van der Waals surface area contributed by atoms with Crippen LogP contribution in [0.4, 0.5) is 0 Å². The van der Waals surface area contributed by atoms with Gasteiger partial charge >= 0.3 is 0 Å². The average Bonchev–Trinajstić information content (AvgIpc) is 2.95. The number of methoxy groups -OCH3 is 1. The third kappa shape index (κ3) is 2.56. The Balaban J connectivity index is 2.13. The summed E-state index contributed by atoms with van der Waals surface area (Å²) >= 11 is 0. The fraction of sp³-hybridized carbons (Fsp3) is 0.0588. The van der Waals surface area contributed by atoms with Crippen molar-refractivity contribution < 1.29 is 9.53 Å². The van der Waals surface area contributed by atoms with Gasteiger partial charge in [-0.1, -0.05) is 12.1 Å². The normalized spacial score (nSPS) is 11.6. The number of carbonyl (C=O) groups is 1. The Hall–Kier alpha value is -3.08. The van der Waals surface area contributed by atoms with Crippen LogP contribution in [0.2, 0.25) is 0 Å². The molecule has 3 N–H and O–H groups in total. The quantitative estimate of drug-likeness (QED) is 0.725. The number of rotatable bonds is 4. The van der Waals surface area contributed by atoms with E-state index in [9.17, 15) is 4.79 Å². The molecule has 1 amide bonds. The Kier molecular flexibility index (Phi) is 3.62. The lowest BCUT2D eigenvalue weighted by Crippen LogP contribution is -2.12. The van der Waals surface area contributed by atoms with Crippen LogP contribution in [0.1, 0.15) is 11.1 Å². The van der Waals surface area contributed by atoms with Gasteiger partial charge in [-0.3, -0.25) is 4.79 Å². The maximum Gasteiger partial charge on any atom is 0.249 e. The van der Waals surface area contributed by atoms with Crippen LogP contribution >= 0.6 is 0 Å². The molecule has 0 fully saturated rings. The van der Waals surface area contributed by atoms with E-state index in [0.29, 0.717) is 16.9 Å². The summed E-state index contributed by atoms with van der Waals surface area (Å²) in [5.41, 5.74) is 8.31. The van der Waals surface area contributed by atoms with Gasteiger partial charge in [-0.2, -0.15) is 0 Å². The van der Waals surface area contributed by atoms with Gasteiger partial charge in [-0.15, -0.1) is 0 Å². The van der Waals surface area contributed by atoms with Crippen LogP contribution in [0.5, 0.6) is 5.75 Å². The highest BCUT2D eigenvalue weighted by Crippen LogP contribution is 2.25. The zero-order valence-corrected chi connectivity index (χ0v) is 12.0. The van der Waals surface area contributed by atoms with Crippen molar-refractivity contribution in [3.63, 3.8) is 0 Å². The molecule has 5 heteroatoms. The number of fused-ring (bicyclic) bond motifs is 1. The molecule has 0 atom stereocenters. The van der Waals surface area contributed by atoms with Gasteiger partial charge in [0.05, 0.1) is 7.11 Å². The monoisotopic (exact) mass is 293 g/mol. The number of hydrogen-bond acceptors (Lipinski definition) is 3. The van der Waals surface area contributed by atoms with Gasteiger partial charge in [0.1, 0.15) is 11.4 Å². The number of carbonyl (C=O) groups excluding carboxylic acids is 1. The van der Waals surface area contributed by atoms with Crippen LogP contribution in [0.25, 0.3) is 22.7 Å². The first-order valence-corrected chi connectivity index (χ1v) is 6.77. The maximum absolute atomic E-state index is 11.8. The van der Waals surface area contributed by atoms with Crippen molar-refractivity contribution in [2.24, 2.45) is 5.73 Å². The number of ether oxygens (including phenoxy) is 1. The fourth-order valence-electron chi connectivity index (χ4n) is 2.34. The number of hydrogen-bond donors (Lipinski definition) is 2. The van der Waals surface area contributed by atoms with E-state index in [2.05, 4.69) is 9.97 Å². The summed E-state index contributed by atoms with van der Waals surface area (Å²) in [5, 5.41) is 0.934. The average molecular weight is 293 g/mol. The van der Waals surface area contributed by atoms with Gasteiger partial charge in [0.2, 0.25) is 5.91 Å². The van der Waals surface area contributed by atoms with Crippen molar-refractivity contribution in [1.29, 1.82) is 0 Å². The van der Waals surface area contributed by atoms with E-state index in [1.807, 2.05) is 30.3 Å². The largest absolute Gasteiger partial charge is 0.497 e. The molecular weight excluding hydrogens is 278 g/mol. The van der Waals surface area contributed by atoms with Gasteiger partial charge < -0.3 is 15.5 Å². The third-order valence-electron chi connectivity index (χ3n) is 3.43. The van der Waals surface area contributed by atoms with E-state index in [0.717, 1.165) is 16.6 Å². The van der Waals surface area contributed by atoms with E-state index in [1.165, 1.54) is 0 Å². The second-order valence-electron chi connectivity index (χ2n) is 4.80. The predicted molar refractivity (Wildman–Crippen MR) is 86.2 cm³/mol. The van der Waals surface area contributed by atoms with Crippen LogP contribution < -0.4 is 10.5 Å². The number of H-pyrrole nitrogens is 1. The smallest absolute Gasteiger partial charge is 0.249 e. The molecule has 0 aliphatic rings. The summed E-state index contributed by atoms with van der Waals surface area (Å²) in [6, 6.07) is 11.0. The molecular formula is C17H15N3O2. The van der Waals surface area contributed by atoms with E-state index >= 15 is 0 Å². The maximum atomic E-state index is 11.8. The molecule has 0 aliphatic carbocycles. The summed E-state index contributed by atoms with van der Waals surface area (Å²) in [6.45, 7) is 0. The lowest BCUT2D eigenvalue weighted by molar-refractivity contribution is -0.112. The Labute approximate surface area is 127 Å². The molecule has 2 heterocycles. The van der Waals surface area contributed by atoms with Gasteiger partial charge in [-0.25, -0.2) is 4.98 Å². The standard InChI is InChI=1S/C17H15N3O2/c1-22-13-5-2-4-11(8-13)15(16(18)21)9-12-10-20-17-14(12)6-3-7-19-17/h2-10H,1H3,(H2,18,21)(H,19,20). The number of nitrogens with one attached hydrogen (secondary N) is 1. The summed E-state index contributed by atoms with van der Waals surface area (Å²) < 4.78 is 5.19. The van der Waals surface area contributed by atoms with E-state index in [1.54, 1.807) is 31.6 Å². The van der Waals surface area contributed by atoms with Gasteiger partial charge in [0, 0.05) is 28.9 Å². The van der Waals surface area contributed by atoms with Crippen LogP contribution in [0, 0.1) is 0 Å². The molecule has 3 aromatic rings. The molecule has 1 aromatic carbocycles. The van der Waals surface area contributed by atoms with Gasteiger partial charge in [0.15, 0.2) is 0 Å². The fourth-order valence-corrected chi connectivity index (χ4v) is 2.34. The lowest BCUT2D eigenvalue weighted by atomic mass is 10.0. The highest BCUT2D eigenvalue weighted by molar-refractivity contribution is 6.24. The van der Waals surface area contributed by atoms with Crippen molar-refractivity contribution in [3.05, 3.63) is 59.9 Å². The number of aromatic amines is 1. The molecule has 0 spiro atoms. The van der Waals surface area contributed by atoms with Crippen molar-refractivity contribution in [2.75, 3.05) is 7.11 Å². The Morgan fingerprint density at radius 2 is 2.18 bits per heavy atom. The van der Waals surface area contributed by atoms with Crippen molar-refractivity contribution in [2.45, 2.75) is 0 Å². The van der Waals surface area contributed by atoms with Crippen LogP contribution in [0.15, 0.2) is 48.8 Å². The zero-order valence-electron chi connectivity index (χ0n) is 12.0. The molecule has 5 nitrogen and oxygen atoms in total. The third-order valence-corrected chi connectivity index (χ3v) is 3.43. The first kappa shape index (κ1) is 13.9. The molecule has 0 bridgehead atoms. The number of benzene rings is 1. The van der Waals surface area contributed by atoms with Crippen LogP contribution in [-0.4, -0.2) is 23.0 Å². The van der Waals surface area contributed by atoms with Gasteiger partial charge in [0.25, 0.3) is 0 Å². The van der Waals surface area contributed by atoms with Crippen LogP contribution in [0.3, 0.4) is 0 Å². The van der Waals surface area contributed by atoms with Crippen molar-refractivity contribution in [1.82, 2.24) is 9.97 Å². The zero-order chi connectivity index (χ0) is 15.5. The number of aromatic nitrogens is 2. The predicted octanol–water partition coefficient (Wildman–Crippen LogP) is 2.60. The molecule has 2 aromatic heterocycles. The summed E-state index contributed by atoms with van der Waals surface area (Å²) in [7, 11) is 1.58. The minimum absolute atomic E-state index is 0.420. The molecule has 3 rings (SSSR count). The van der Waals surface area contributed by atoms with Gasteiger partial charge in [-0.05, 0) is 35.9 Å². The van der Waals surface area contributed by atoms with Crippen LogP contribution in [-0.2, 0) is 4.79 Å². The Bertz CT molecular complexity index is 865. The molecule has 0 radical (unpaired) electrons. The van der Waals surface area contributed by atoms with E-state index in [-0.39, 0.29) is 0 Å². The first-order valence-electron chi connectivity index (χ1n) is 6.77. The SMILES string of the molecule is COc1cccc(C(=Cc2c[nH]c3ncccc23)C(N)=O)c1. The molecule has 110 valence electrons. The van der Waals surface area contributed by atoms with E-state index < -0.39 is 5.91 Å². The van der Waals surface area contributed by atoms with Crippen molar-refractivity contribution in [3.8, 4) is 5.75 Å². The van der Waals surface area contributed by atoms with E-state index in [4.69, 9.17) is 10.5 Å². The number of primary amides is 1. The lowest BCUT2D eigenvalue weighted by Gasteiger charge is -2.06. The first-order chi connectivity index (χ1) is 10.7. The second kappa shape index (κ2) is 5.73. The summed E-state index contributed by atoms with van der Waals surface area (Å²) in [6.07, 6.45) is 5.28. The number of pyridine rings is 1. The molecule has 0 unspecified atom stereocenters. The molecule has 0 saturated heterocycles. The molecule has 0 aliphatic heterocycles. The Morgan fingerprint density at radius 3 is 2.95 bits per heavy atom. The summed E-state index contributed by atoms with van der Waals surface area (Å²) in [4.78, 5) is 19.2. The minimum Gasteiger partial charge on any atom is -0.497 e. The topological polar surface area (TPSA) is 81.0 Å². The molecule has 0 saturated carbocycles.